The van der Waals surface area contributed by atoms with Gasteiger partial charge < -0.3 is 10.1 Å². The lowest BCUT2D eigenvalue weighted by Gasteiger charge is -2.19. The Morgan fingerprint density at radius 1 is 1.39 bits per heavy atom. The number of nitrogens with one attached hydrogen (secondary N) is 1. The zero-order valence-electron chi connectivity index (χ0n) is 10.4. The number of hydrogen-bond acceptors (Lipinski definition) is 2. The minimum atomic E-state index is -3.05. The average molecular weight is 259 g/mol. The summed E-state index contributed by atoms with van der Waals surface area (Å²) < 4.78 is 45.5. The van der Waals surface area contributed by atoms with Gasteiger partial charge in [-0.25, -0.2) is 13.2 Å². The maximum atomic E-state index is 13.8. The summed E-state index contributed by atoms with van der Waals surface area (Å²) in [5.74, 6) is -3.67. The molecule has 2 nitrogen and oxygen atoms in total. The number of halogens is 3. The van der Waals surface area contributed by atoms with Gasteiger partial charge in [0.1, 0.15) is 0 Å². The Balaban J connectivity index is 2.50. The van der Waals surface area contributed by atoms with Crippen molar-refractivity contribution >= 4 is 0 Å². The molecule has 2 rings (SSSR count). The van der Waals surface area contributed by atoms with Crippen LogP contribution in [0.25, 0.3) is 0 Å². The molecule has 1 aliphatic rings. The molecule has 0 saturated carbocycles. The predicted octanol–water partition coefficient (Wildman–Crippen LogP) is 3.02. The van der Waals surface area contributed by atoms with Gasteiger partial charge in [0, 0.05) is 30.5 Å². The Kier molecular flexibility index (Phi) is 3.52. The van der Waals surface area contributed by atoms with E-state index in [-0.39, 0.29) is 17.2 Å². The molecule has 5 heteroatoms. The first-order chi connectivity index (χ1) is 8.43. The van der Waals surface area contributed by atoms with Crippen molar-refractivity contribution in [3.63, 3.8) is 0 Å². The van der Waals surface area contributed by atoms with Gasteiger partial charge >= 0.3 is 0 Å². The van der Waals surface area contributed by atoms with Gasteiger partial charge in [-0.3, -0.25) is 0 Å². The maximum Gasteiger partial charge on any atom is 0.270 e. The second-order valence-electron chi connectivity index (χ2n) is 4.66. The van der Waals surface area contributed by atoms with Crippen LogP contribution in [0.4, 0.5) is 13.2 Å². The van der Waals surface area contributed by atoms with Gasteiger partial charge in [-0.05, 0) is 25.1 Å². The Morgan fingerprint density at radius 2 is 2.11 bits per heavy atom. The van der Waals surface area contributed by atoms with Crippen LogP contribution < -0.4 is 10.1 Å². The molecule has 1 heterocycles. The summed E-state index contributed by atoms with van der Waals surface area (Å²) in [6.45, 7) is 2.24. The molecule has 1 aliphatic heterocycles. The second kappa shape index (κ2) is 4.80. The van der Waals surface area contributed by atoms with Crippen LogP contribution in [0.15, 0.2) is 12.1 Å². The summed E-state index contributed by atoms with van der Waals surface area (Å²) in [7, 11) is 1.36. The average Bonchev–Trinajstić information content (AvgIpc) is 2.79. The van der Waals surface area contributed by atoms with Crippen LogP contribution in [0.2, 0.25) is 0 Å². The highest BCUT2D eigenvalue weighted by atomic mass is 19.3. The molecule has 1 saturated heterocycles. The SMILES string of the molecule is COc1c(F)cc(C(C)(F)F)cc1C1CCNC1. The molecule has 0 bridgehead atoms. The van der Waals surface area contributed by atoms with Crippen molar-refractivity contribution in [3.05, 3.63) is 29.1 Å². The summed E-state index contributed by atoms with van der Waals surface area (Å²) in [5, 5.41) is 3.13. The van der Waals surface area contributed by atoms with E-state index in [2.05, 4.69) is 5.32 Å². The Hall–Kier alpha value is -1.23. The highest BCUT2D eigenvalue weighted by Gasteiger charge is 2.30. The van der Waals surface area contributed by atoms with Gasteiger partial charge in [-0.1, -0.05) is 0 Å². The highest BCUT2D eigenvalue weighted by molar-refractivity contribution is 5.43. The van der Waals surface area contributed by atoms with Crippen molar-refractivity contribution in [1.82, 2.24) is 5.32 Å². The molecular weight excluding hydrogens is 243 g/mol. The largest absolute Gasteiger partial charge is 0.493 e. The van der Waals surface area contributed by atoms with E-state index in [4.69, 9.17) is 4.74 Å². The second-order valence-corrected chi connectivity index (χ2v) is 4.66. The molecule has 1 aromatic carbocycles. The third kappa shape index (κ3) is 2.46. The number of rotatable bonds is 3. The van der Waals surface area contributed by atoms with E-state index in [1.165, 1.54) is 13.2 Å². The molecule has 0 amide bonds. The van der Waals surface area contributed by atoms with Crippen LogP contribution in [0.3, 0.4) is 0 Å². The van der Waals surface area contributed by atoms with Crippen LogP contribution in [-0.4, -0.2) is 20.2 Å². The van der Waals surface area contributed by atoms with Crippen molar-refractivity contribution in [2.45, 2.75) is 25.2 Å². The Bertz CT molecular complexity index is 437. The lowest BCUT2D eigenvalue weighted by Crippen LogP contribution is -2.13. The van der Waals surface area contributed by atoms with Crippen LogP contribution in [0.5, 0.6) is 5.75 Å². The van der Waals surface area contributed by atoms with Gasteiger partial charge in [0.2, 0.25) is 0 Å². The van der Waals surface area contributed by atoms with Crippen LogP contribution >= 0.6 is 0 Å². The minimum absolute atomic E-state index is 0.0248. The van der Waals surface area contributed by atoms with E-state index in [9.17, 15) is 13.2 Å². The van der Waals surface area contributed by atoms with Crippen molar-refractivity contribution in [3.8, 4) is 5.75 Å². The molecule has 18 heavy (non-hydrogen) atoms. The van der Waals surface area contributed by atoms with Crippen molar-refractivity contribution in [2.75, 3.05) is 20.2 Å². The molecule has 0 spiro atoms. The van der Waals surface area contributed by atoms with Gasteiger partial charge in [-0.15, -0.1) is 0 Å². The fourth-order valence-electron chi connectivity index (χ4n) is 2.31. The lowest BCUT2D eigenvalue weighted by atomic mass is 9.94. The fraction of sp³-hybridized carbons (Fsp3) is 0.538. The third-order valence-electron chi connectivity index (χ3n) is 3.28. The van der Waals surface area contributed by atoms with E-state index in [0.29, 0.717) is 12.1 Å². The summed E-state index contributed by atoms with van der Waals surface area (Å²) in [6.07, 6.45) is 0.800. The summed E-state index contributed by atoms with van der Waals surface area (Å²) >= 11 is 0. The molecule has 0 radical (unpaired) electrons. The molecular formula is C13H16F3NO. The maximum absolute atomic E-state index is 13.8. The van der Waals surface area contributed by atoms with Gasteiger partial charge in [0.05, 0.1) is 7.11 Å². The minimum Gasteiger partial charge on any atom is -0.493 e. The van der Waals surface area contributed by atoms with E-state index >= 15 is 0 Å². The monoisotopic (exact) mass is 259 g/mol. The van der Waals surface area contributed by atoms with E-state index in [0.717, 1.165) is 26.0 Å². The van der Waals surface area contributed by atoms with Gasteiger partial charge in [-0.2, -0.15) is 0 Å². The quantitative estimate of drug-likeness (QED) is 0.901. The number of methoxy groups -OCH3 is 1. The fourth-order valence-corrected chi connectivity index (χ4v) is 2.31. The smallest absolute Gasteiger partial charge is 0.270 e. The molecule has 1 fully saturated rings. The Labute approximate surface area is 104 Å². The molecule has 0 aliphatic carbocycles. The summed E-state index contributed by atoms with van der Waals surface area (Å²) in [6, 6.07) is 2.21. The molecule has 1 atom stereocenters. The summed E-state index contributed by atoms with van der Waals surface area (Å²) in [5.41, 5.74) is 0.224. The lowest BCUT2D eigenvalue weighted by molar-refractivity contribution is 0.0170. The first-order valence-corrected chi connectivity index (χ1v) is 5.90. The van der Waals surface area contributed by atoms with Crippen LogP contribution in [0, 0.1) is 5.82 Å². The number of alkyl halides is 2. The number of benzene rings is 1. The molecule has 1 unspecified atom stereocenters. The standard InChI is InChI=1S/C13H16F3NO/c1-13(15,16)9-5-10(8-3-4-17-7-8)12(18-2)11(14)6-9/h5-6,8,17H,3-4,7H2,1-2H3. The highest BCUT2D eigenvalue weighted by Crippen LogP contribution is 2.38. The van der Waals surface area contributed by atoms with Crippen molar-refractivity contribution in [1.29, 1.82) is 0 Å². The van der Waals surface area contributed by atoms with Crippen LogP contribution in [0.1, 0.15) is 30.4 Å². The molecule has 1 N–H and O–H groups in total. The molecule has 0 aromatic heterocycles. The van der Waals surface area contributed by atoms with E-state index < -0.39 is 11.7 Å². The van der Waals surface area contributed by atoms with Gasteiger partial charge in [0.15, 0.2) is 11.6 Å². The van der Waals surface area contributed by atoms with Crippen LogP contribution in [-0.2, 0) is 5.92 Å². The first kappa shape index (κ1) is 13.2. The zero-order chi connectivity index (χ0) is 13.3. The Morgan fingerprint density at radius 3 is 2.61 bits per heavy atom. The number of ether oxygens (including phenoxy) is 1. The third-order valence-corrected chi connectivity index (χ3v) is 3.28. The van der Waals surface area contributed by atoms with Crippen molar-refractivity contribution in [2.24, 2.45) is 0 Å². The number of hydrogen-bond donors (Lipinski definition) is 1. The van der Waals surface area contributed by atoms with E-state index in [1.54, 1.807) is 0 Å². The van der Waals surface area contributed by atoms with Gasteiger partial charge in [0.25, 0.3) is 5.92 Å². The molecule has 1 aromatic rings. The van der Waals surface area contributed by atoms with Crippen molar-refractivity contribution < 1.29 is 17.9 Å². The summed E-state index contributed by atoms with van der Waals surface area (Å²) in [4.78, 5) is 0. The zero-order valence-corrected chi connectivity index (χ0v) is 10.4. The topological polar surface area (TPSA) is 21.3 Å². The normalized spacial score (nSPS) is 20.2. The molecule has 100 valence electrons. The van der Waals surface area contributed by atoms with E-state index in [1.807, 2.05) is 0 Å². The predicted molar refractivity (Wildman–Crippen MR) is 62.7 cm³/mol. The first-order valence-electron chi connectivity index (χ1n) is 5.90.